The summed E-state index contributed by atoms with van der Waals surface area (Å²) < 4.78 is 13.1. The van der Waals surface area contributed by atoms with Crippen molar-refractivity contribution in [3.05, 3.63) is 51.2 Å². The molecule has 1 heterocycles. The van der Waals surface area contributed by atoms with Crippen molar-refractivity contribution in [1.29, 1.82) is 0 Å². The second kappa shape index (κ2) is 6.23. The number of nitrogens with zero attached hydrogens (tertiary/aromatic N) is 2. The Morgan fingerprint density at radius 3 is 2.74 bits per heavy atom. The van der Waals surface area contributed by atoms with E-state index < -0.39 is 0 Å². The molecule has 0 aliphatic rings. The van der Waals surface area contributed by atoms with Gasteiger partial charge in [0.2, 0.25) is 0 Å². The number of aromatic nitrogens is 1. The maximum atomic E-state index is 13.1. The van der Waals surface area contributed by atoms with Crippen molar-refractivity contribution in [1.82, 2.24) is 9.88 Å². The third-order valence-electron chi connectivity index (χ3n) is 2.93. The summed E-state index contributed by atoms with van der Waals surface area (Å²) in [4.78, 5) is 6.59. The van der Waals surface area contributed by atoms with Crippen LogP contribution in [0.25, 0.3) is 0 Å². The molecule has 0 spiro atoms. The van der Waals surface area contributed by atoms with Gasteiger partial charge in [-0.1, -0.05) is 6.07 Å². The molecule has 1 aromatic heterocycles. The van der Waals surface area contributed by atoms with Crippen molar-refractivity contribution in [2.24, 2.45) is 5.73 Å². The third-order valence-corrected chi connectivity index (χ3v) is 3.75. The third kappa shape index (κ3) is 3.83. The van der Waals surface area contributed by atoms with Gasteiger partial charge < -0.3 is 5.73 Å². The summed E-state index contributed by atoms with van der Waals surface area (Å²) in [5, 5.41) is 3.15. The lowest BCUT2D eigenvalue weighted by Crippen LogP contribution is -2.19. The van der Waals surface area contributed by atoms with Crippen LogP contribution in [0.4, 0.5) is 4.39 Å². The van der Waals surface area contributed by atoms with E-state index in [1.165, 1.54) is 12.1 Å². The van der Waals surface area contributed by atoms with Crippen LogP contribution in [0, 0.1) is 12.7 Å². The SMILES string of the molecule is Cc1nc(CN(C)Cc2ccc(F)cc2CN)cs1. The lowest BCUT2D eigenvalue weighted by Gasteiger charge is -2.17. The Bertz CT molecular complexity index is 553. The van der Waals surface area contributed by atoms with Crippen LogP contribution >= 0.6 is 11.3 Å². The van der Waals surface area contributed by atoms with E-state index in [1.54, 1.807) is 17.4 Å². The molecule has 2 aromatic rings. The van der Waals surface area contributed by atoms with Crippen molar-refractivity contribution in [3.63, 3.8) is 0 Å². The lowest BCUT2D eigenvalue weighted by atomic mass is 10.1. The Morgan fingerprint density at radius 2 is 2.11 bits per heavy atom. The number of hydrogen-bond donors (Lipinski definition) is 1. The number of aryl methyl sites for hydroxylation is 1. The molecule has 1 aromatic carbocycles. The fourth-order valence-electron chi connectivity index (χ4n) is 2.04. The molecule has 0 bridgehead atoms. The van der Waals surface area contributed by atoms with Crippen LogP contribution < -0.4 is 5.73 Å². The van der Waals surface area contributed by atoms with Crippen LogP contribution in [-0.4, -0.2) is 16.9 Å². The predicted molar refractivity (Wildman–Crippen MR) is 76.3 cm³/mol. The number of thiazole rings is 1. The van der Waals surface area contributed by atoms with Gasteiger partial charge in [0, 0.05) is 25.0 Å². The first kappa shape index (κ1) is 14.1. The highest BCUT2D eigenvalue weighted by Crippen LogP contribution is 2.15. The Hall–Kier alpha value is -1.30. The minimum absolute atomic E-state index is 0.234. The highest BCUT2D eigenvalue weighted by molar-refractivity contribution is 7.09. The van der Waals surface area contributed by atoms with E-state index in [2.05, 4.69) is 15.3 Å². The zero-order valence-corrected chi connectivity index (χ0v) is 12.0. The lowest BCUT2D eigenvalue weighted by molar-refractivity contribution is 0.314. The van der Waals surface area contributed by atoms with E-state index in [-0.39, 0.29) is 5.82 Å². The average Bonchev–Trinajstić information content (AvgIpc) is 2.76. The minimum Gasteiger partial charge on any atom is -0.326 e. The summed E-state index contributed by atoms with van der Waals surface area (Å²) >= 11 is 1.65. The molecule has 19 heavy (non-hydrogen) atoms. The average molecular weight is 279 g/mol. The van der Waals surface area contributed by atoms with Gasteiger partial charge in [-0.05, 0) is 37.2 Å². The summed E-state index contributed by atoms with van der Waals surface area (Å²) in [6.45, 7) is 3.88. The molecule has 0 saturated carbocycles. The Balaban J connectivity index is 2.04. The number of rotatable bonds is 5. The Labute approximate surface area is 116 Å². The van der Waals surface area contributed by atoms with E-state index in [0.29, 0.717) is 6.54 Å². The molecule has 5 heteroatoms. The van der Waals surface area contributed by atoms with Crippen LogP contribution in [0.15, 0.2) is 23.6 Å². The van der Waals surface area contributed by atoms with Crippen LogP contribution in [0.1, 0.15) is 21.8 Å². The molecule has 0 unspecified atom stereocenters. The first-order valence-electron chi connectivity index (χ1n) is 6.15. The molecule has 0 saturated heterocycles. The normalized spacial score (nSPS) is 11.2. The molecule has 0 aliphatic carbocycles. The second-order valence-electron chi connectivity index (χ2n) is 4.65. The van der Waals surface area contributed by atoms with E-state index in [9.17, 15) is 4.39 Å². The summed E-state index contributed by atoms with van der Waals surface area (Å²) in [6.07, 6.45) is 0. The molecule has 3 nitrogen and oxygen atoms in total. The highest BCUT2D eigenvalue weighted by atomic mass is 32.1. The predicted octanol–water partition coefficient (Wildman–Crippen LogP) is 2.68. The summed E-state index contributed by atoms with van der Waals surface area (Å²) in [5.41, 5.74) is 8.66. The van der Waals surface area contributed by atoms with E-state index in [4.69, 9.17) is 5.73 Å². The van der Waals surface area contributed by atoms with Gasteiger partial charge in [-0.2, -0.15) is 0 Å². The summed E-state index contributed by atoms with van der Waals surface area (Å²) in [5.74, 6) is -0.234. The van der Waals surface area contributed by atoms with Gasteiger partial charge in [0.25, 0.3) is 0 Å². The van der Waals surface area contributed by atoms with Crippen LogP contribution in [-0.2, 0) is 19.6 Å². The first-order chi connectivity index (χ1) is 9.08. The molecule has 0 amide bonds. The van der Waals surface area contributed by atoms with Crippen LogP contribution in [0.3, 0.4) is 0 Å². The van der Waals surface area contributed by atoms with Gasteiger partial charge >= 0.3 is 0 Å². The Kier molecular flexibility index (Phi) is 4.63. The number of hydrogen-bond acceptors (Lipinski definition) is 4. The largest absolute Gasteiger partial charge is 0.326 e. The minimum atomic E-state index is -0.234. The molecular formula is C14H18FN3S. The van der Waals surface area contributed by atoms with Gasteiger partial charge in [0.05, 0.1) is 10.7 Å². The molecule has 102 valence electrons. The molecule has 0 radical (unpaired) electrons. The van der Waals surface area contributed by atoms with Gasteiger partial charge in [-0.15, -0.1) is 11.3 Å². The Morgan fingerprint density at radius 1 is 1.32 bits per heavy atom. The first-order valence-corrected chi connectivity index (χ1v) is 7.03. The zero-order valence-electron chi connectivity index (χ0n) is 11.2. The summed E-state index contributed by atoms with van der Waals surface area (Å²) in [7, 11) is 2.03. The van der Waals surface area contributed by atoms with E-state index in [1.807, 2.05) is 14.0 Å². The van der Waals surface area contributed by atoms with Crippen molar-refractivity contribution in [2.75, 3.05) is 7.05 Å². The maximum absolute atomic E-state index is 13.1. The maximum Gasteiger partial charge on any atom is 0.123 e. The molecule has 2 rings (SSSR count). The van der Waals surface area contributed by atoms with Crippen molar-refractivity contribution >= 4 is 11.3 Å². The van der Waals surface area contributed by atoms with Gasteiger partial charge in [0.15, 0.2) is 0 Å². The highest BCUT2D eigenvalue weighted by Gasteiger charge is 2.08. The molecule has 0 aliphatic heterocycles. The molecule has 0 atom stereocenters. The quantitative estimate of drug-likeness (QED) is 0.915. The standard InChI is InChI=1S/C14H18FN3S/c1-10-17-14(9-19-10)8-18(2)7-11-3-4-13(15)5-12(11)6-16/h3-5,9H,6-8,16H2,1-2H3. The van der Waals surface area contributed by atoms with Gasteiger partial charge in [-0.3, -0.25) is 4.90 Å². The molecule has 2 N–H and O–H groups in total. The van der Waals surface area contributed by atoms with Gasteiger partial charge in [0.1, 0.15) is 5.82 Å². The molecule has 0 fully saturated rings. The van der Waals surface area contributed by atoms with Crippen molar-refractivity contribution in [2.45, 2.75) is 26.6 Å². The second-order valence-corrected chi connectivity index (χ2v) is 5.71. The molecular weight excluding hydrogens is 261 g/mol. The zero-order chi connectivity index (χ0) is 13.8. The topological polar surface area (TPSA) is 42.2 Å². The monoisotopic (exact) mass is 279 g/mol. The number of benzene rings is 1. The van der Waals surface area contributed by atoms with E-state index >= 15 is 0 Å². The number of nitrogens with two attached hydrogens (primary N) is 1. The smallest absolute Gasteiger partial charge is 0.123 e. The fourth-order valence-corrected chi connectivity index (χ4v) is 2.65. The van der Waals surface area contributed by atoms with Gasteiger partial charge in [-0.25, -0.2) is 9.37 Å². The summed E-state index contributed by atoms with van der Waals surface area (Å²) in [6, 6.07) is 4.80. The fraction of sp³-hybridized carbons (Fsp3) is 0.357. The number of halogens is 1. The van der Waals surface area contributed by atoms with Crippen molar-refractivity contribution < 1.29 is 4.39 Å². The van der Waals surface area contributed by atoms with E-state index in [0.717, 1.165) is 34.9 Å². The van der Waals surface area contributed by atoms with Crippen LogP contribution in [0.5, 0.6) is 0 Å². The van der Waals surface area contributed by atoms with Crippen molar-refractivity contribution in [3.8, 4) is 0 Å². The van der Waals surface area contributed by atoms with Crippen LogP contribution in [0.2, 0.25) is 0 Å².